The van der Waals surface area contributed by atoms with Crippen LogP contribution in [-0.4, -0.2) is 72.2 Å². The summed E-state index contributed by atoms with van der Waals surface area (Å²) in [5.41, 5.74) is 0. The number of pyridine rings is 1. The van der Waals surface area contributed by atoms with Gasteiger partial charge in [-0.15, -0.1) is 0 Å². The Balaban J connectivity index is 1.47. The summed E-state index contributed by atoms with van der Waals surface area (Å²) in [6.45, 7) is 7.71. The van der Waals surface area contributed by atoms with Crippen LogP contribution in [0.2, 0.25) is 0 Å². The summed E-state index contributed by atoms with van der Waals surface area (Å²) >= 11 is 0. The lowest BCUT2D eigenvalue weighted by Crippen LogP contribution is -2.52. The number of likely N-dealkylation sites (tertiary alicyclic amines) is 1. The highest BCUT2D eigenvalue weighted by molar-refractivity contribution is 5.93. The average Bonchev–Trinajstić information content (AvgIpc) is 2.63. The zero-order valence-electron chi connectivity index (χ0n) is 13.8. The number of hydrogen-bond donors (Lipinski definition) is 1. The average molecular weight is 318 g/mol. The number of amides is 1. The molecule has 0 saturated carbocycles. The third kappa shape index (κ3) is 4.28. The first-order valence-corrected chi connectivity index (χ1v) is 8.52. The Hall–Kier alpha value is -1.50. The van der Waals surface area contributed by atoms with Crippen molar-refractivity contribution in [1.82, 2.24) is 14.8 Å². The van der Waals surface area contributed by atoms with Gasteiger partial charge in [-0.1, -0.05) is 6.07 Å². The van der Waals surface area contributed by atoms with Crippen molar-refractivity contribution in [1.29, 1.82) is 0 Å². The summed E-state index contributed by atoms with van der Waals surface area (Å²) in [6.07, 6.45) is 3.94. The van der Waals surface area contributed by atoms with Crippen LogP contribution in [-0.2, 0) is 9.53 Å². The molecule has 3 heterocycles. The third-order valence-corrected chi connectivity index (χ3v) is 4.90. The number of ether oxygens (including phenoxy) is 1. The molecule has 0 aliphatic carbocycles. The van der Waals surface area contributed by atoms with E-state index in [1.54, 1.807) is 6.20 Å². The zero-order valence-corrected chi connectivity index (χ0v) is 13.8. The molecule has 1 amide bonds. The van der Waals surface area contributed by atoms with Gasteiger partial charge in [0.1, 0.15) is 5.82 Å². The number of piperidine rings is 1. The molecule has 2 fully saturated rings. The van der Waals surface area contributed by atoms with Gasteiger partial charge in [-0.05, 0) is 31.9 Å². The largest absolute Gasteiger partial charge is 0.379 e. The minimum absolute atomic E-state index is 0.0218. The molecule has 126 valence electrons. The van der Waals surface area contributed by atoms with Gasteiger partial charge >= 0.3 is 0 Å². The maximum atomic E-state index is 12.4. The maximum Gasteiger partial charge on any atom is 0.242 e. The van der Waals surface area contributed by atoms with Crippen LogP contribution in [0.25, 0.3) is 0 Å². The first kappa shape index (κ1) is 16.4. The quantitative estimate of drug-likeness (QED) is 0.904. The van der Waals surface area contributed by atoms with Crippen LogP contribution in [0.3, 0.4) is 0 Å². The second-order valence-electron chi connectivity index (χ2n) is 6.30. The molecule has 2 aliphatic rings. The predicted molar refractivity (Wildman–Crippen MR) is 89.3 cm³/mol. The number of carbonyl (C=O) groups excluding carboxylic acids is 1. The summed E-state index contributed by atoms with van der Waals surface area (Å²) in [5.74, 6) is 0.640. The fourth-order valence-electron chi connectivity index (χ4n) is 3.41. The van der Waals surface area contributed by atoms with Gasteiger partial charge < -0.3 is 10.1 Å². The fraction of sp³-hybridized carbons (Fsp3) is 0.647. The summed E-state index contributed by atoms with van der Waals surface area (Å²) < 4.78 is 5.43. The first-order valence-electron chi connectivity index (χ1n) is 8.52. The molecule has 1 atom stereocenters. The van der Waals surface area contributed by atoms with E-state index in [9.17, 15) is 4.79 Å². The minimum Gasteiger partial charge on any atom is -0.379 e. The van der Waals surface area contributed by atoms with Crippen LogP contribution in [0, 0.1) is 0 Å². The Bertz CT molecular complexity index is 497. The SMILES string of the molecule is C[C@H](C(=O)Nc1ccccn1)N1CCC(N2CCOCC2)CC1. The number of hydrogen-bond acceptors (Lipinski definition) is 5. The van der Waals surface area contributed by atoms with Gasteiger partial charge in [0, 0.05) is 38.4 Å². The molecular formula is C17H26N4O2. The van der Waals surface area contributed by atoms with Crippen molar-refractivity contribution in [3.8, 4) is 0 Å². The van der Waals surface area contributed by atoms with Crippen molar-refractivity contribution in [2.45, 2.75) is 31.8 Å². The van der Waals surface area contributed by atoms with E-state index in [1.165, 1.54) is 0 Å². The van der Waals surface area contributed by atoms with E-state index in [0.29, 0.717) is 11.9 Å². The van der Waals surface area contributed by atoms with E-state index in [2.05, 4.69) is 20.1 Å². The van der Waals surface area contributed by atoms with Gasteiger partial charge in [0.15, 0.2) is 0 Å². The molecule has 6 heteroatoms. The maximum absolute atomic E-state index is 12.4. The molecule has 2 aliphatic heterocycles. The van der Waals surface area contributed by atoms with Crippen LogP contribution < -0.4 is 5.32 Å². The smallest absolute Gasteiger partial charge is 0.242 e. The molecule has 1 N–H and O–H groups in total. The minimum atomic E-state index is -0.123. The van der Waals surface area contributed by atoms with Crippen molar-refractivity contribution < 1.29 is 9.53 Å². The lowest BCUT2D eigenvalue weighted by atomic mass is 10.0. The van der Waals surface area contributed by atoms with Crippen LogP contribution in [0.5, 0.6) is 0 Å². The molecule has 23 heavy (non-hydrogen) atoms. The second-order valence-corrected chi connectivity index (χ2v) is 6.30. The van der Waals surface area contributed by atoms with Crippen molar-refractivity contribution in [2.24, 2.45) is 0 Å². The van der Waals surface area contributed by atoms with Gasteiger partial charge in [0.2, 0.25) is 5.91 Å². The first-order chi connectivity index (χ1) is 11.2. The van der Waals surface area contributed by atoms with Crippen LogP contribution in [0.15, 0.2) is 24.4 Å². The highest BCUT2D eigenvalue weighted by atomic mass is 16.5. The van der Waals surface area contributed by atoms with Crippen molar-refractivity contribution in [3.05, 3.63) is 24.4 Å². The van der Waals surface area contributed by atoms with E-state index >= 15 is 0 Å². The van der Waals surface area contributed by atoms with Gasteiger partial charge in [-0.25, -0.2) is 4.98 Å². The molecular weight excluding hydrogens is 292 g/mol. The van der Waals surface area contributed by atoms with E-state index < -0.39 is 0 Å². The van der Waals surface area contributed by atoms with Gasteiger partial charge in [-0.2, -0.15) is 0 Å². The predicted octanol–water partition coefficient (Wildman–Crippen LogP) is 1.21. The summed E-state index contributed by atoms with van der Waals surface area (Å²) in [4.78, 5) is 21.3. The highest BCUT2D eigenvalue weighted by Gasteiger charge is 2.30. The normalized spacial score (nSPS) is 22.7. The fourth-order valence-corrected chi connectivity index (χ4v) is 3.41. The molecule has 0 spiro atoms. The number of morpholine rings is 1. The Morgan fingerprint density at radius 3 is 2.65 bits per heavy atom. The summed E-state index contributed by atoms with van der Waals surface area (Å²) in [5, 5.41) is 2.89. The summed E-state index contributed by atoms with van der Waals surface area (Å²) in [7, 11) is 0. The van der Waals surface area contributed by atoms with Crippen LogP contribution in [0.1, 0.15) is 19.8 Å². The molecule has 1 aromatic heterocycles. The monoisotopic (exact) mass is 318 g/mol. The van der Waals surface area contributed by atoms with Crippen molar-refractivity contribution in [2.75, 3.05) is 44.7 Å². The number of aromatic nitrogens is 1. The van der Waals surface area contributed by atoms with E-state index in [4.69, 9.17) is 4.74 Å². The molecule has 0 radical (unpaired) electrons. The van der Waals surface area contributed by atoms with E-state index in [0.717, 1.165) is 52.2 Å². The molecule has 0 bridgehead atoms. The Kier molecular flexibility index (Phi) is 5.59. The van der Waals surface area contributed by atoms with E-state index in [-0.39, 0.29) is 11.9 Å². The van der Waals surface area contributed by atoms with Crippen molar-refractivity contribution >= 4 is 11.7 Å². The molecule has 0 aromatic carbocycles. The van der Waals surface area contributed by atoms with Gasteiger partial charge in [-0.3, -0.25) is 14.6 Å². The highest BCUT2D eigenvalue weighted by Crippen LogP contribution is 2.19. The number of carbonyl (C=O) groups is 1. The molecule has 6 nitrogen and oxygen atoms in total. The van der Waals surface area contributed by atoms with Gasteiger partial charge in [0.25, 0.3) is 0 Å². The second kappa shape index (κ2) is 7.86. The third-order valence-electron chi connectivity index (χ3n) is 4.90. The molecule has 2 saturated heterocycles. The lowest BCUT2D eigenvalue weighted by molar-refractivity contribution is -0.121. The number of anilines is 1. The van der Waals surface area contributed by atoms with Crippen LogP contribution in [0.4, 0.5) is 5.82 Å². The molecule has 3 rings (SSSR count). The molecule has 0 unspecified atom stereocenters. The Morgan fingerprint density at radius 2 is 2.00 bits per heavy atom. The zero-order chi connectivity index (χ0) is 16.1. The molecule has 1 aromatic rings. The topological polar surface area (TPSA) is 57.7 Å². The lowest BCUT2D eigenvalue weighted by Gasteiger charge is -2.41. The number of nitrogens with zero attached hydrogens (tertiary/aromatic N) is 3. The summed E-state index contributed by atoms with van der Waals surface area (Å²) in [6, 6.07) is 6.05. The number of nitrogens with one attached hydrogen (secondary N) is 1. The Morgan fingerprint density at radius 1 is 1.26 bits per heavy atom. The Labute approximate surface area is 137 Å². The van der Waals surface area contributed by atoms with E-state index in [1.807, 2.05) is 25.1 Å². The standard InChI is InChI=1S/C17H26N4O2/c1-14(17(22)19-16-4-2-3-7-18-16)20-8-5-15(6-9-20)21-10-12-23-13-11-21/h2-4,7,14-15H,5-6,8-13H2,1H3,(H,18,19,22)/t14-/m1/s1. The van der Waals surface area contributed by atoms with Crippen LogP contribution >= 0.6 is 0 Å². The van der Waals surface area contributed by atoms with Gasteiger partial charge in [0.05, 0.1) is 19.3 Å². The van der Waals surface area contributed by atoms with Crippen molar-refractivity contribution in [3.63, 3.8) is 0 Å². The number of rotatable bonds is 4.